The zero-order chi connectivity index (χ0) is 23.9. The third kappa shape index (κ3) is 4.12. The second-order valence-electron chi connectivity index (χ2n) is 8.81. The summed E-state index contributed by atoms with van der Waals surface area (Å²) in [4.78, 5) is 27.2. The van der Waals surface area contributed by atoms with Gasteiger partial charge < -0.3 is 24.3 Å². The first kappa shape index (κ1) is 21.7. The molecule has 3 aromatic heterocycles. The molecule has 1 aromatic carbocycles. The highest BCUT2D eigenvalue weighted by Crippen LogP contribution is 2.39. The fourth-order valence-electron chi connectivity index (χ4n) is 4.66. The number of furan rings is 1. The predicted molar refractivity (Wildman–Crippen MR) is 130 cm³/mol. The van der Waals surface area contributed by atoms with Gasteiger partial charge in [0.15, 0.2) is 11.5 Å². The van der Waals surface area contributed by atoms with Gasteiger partial charge in [0.2, 0.25) is 0 Å². The molecule has 0 saturated heterocycles. The summed E-state index contributed by atoms with van der Waals surface area (Å²) in [6.45, 7) is 2.31. The number of rotatable bonds is 6. The molecule has 8 nitrogen and oxygen atoms in total. The lowest BCUT2D eigenvalue weighted by Crippen LogP contribution is -2.25. The van der Waals surface area contributed by atoms with E-state index in [1.165, 1.54) is 11.3 Å². The number of carbonyl (C=O) groups is 2. The van der Waals surface area contributed by atoms with Crippen molar-refractivity contribution < 1.29 is 23.3 Å². The van der Waals surface area contributed by atoms with Crippen molar-refractivity contribution >= 4 is 28.2 Å². The van der Waals surface area contributed by atoms with E-state index in [2.05, 4.69) is 15.8 Å². The molecule has 0 fully saturated rings. The summed E-state index contributed by atoms with van der Waals surface area (Å²) in [5.41, 5.74) is 3.63. The number of aryl methyl sites for hydroxylation is 1. The summed E-state index contributed by atoms with van der Waals surface area (Å²) in [5, 5.41) is 10.3. The van der Waals surface area contributed by atoms with Crippen LogP contribution in [0.25, 0.3) is 11.3 Å². The number of benzene rings is 1. The molecule has 178 valence electrons. The molecule has 4 aromatic rings. The van der Waals surface area contributed by atoms with Gasteiger partial charge in [0.25, 0.3) is 11.8 Å². The molecular formula is C26H23N3O5S. The van der Waals surface area contributed by atoms with Crippen molar-refractivity contribution in [3.8, 4) is 17.1 Å². The fraction of sp³-hybridized carbons (Fsp3) is 0.269. The number of anilines is 1. The number of fused-ring (bicyclic) bond motifs is 2. The molecule has 35 heavy (non-hydrogen) atoms. The number of thiophene rings is 1. The number of ether oxygens (including phenoxy) is 1. The molecule has 0 spiro atoms. The van der Waals surface area contributed by atoms with E-state index in [-0.39, 0.29) is 24.2 Å². The smallest absolute Gasteiger partial charge is 0.278 e. The van der Waals surface area contributed by atoms with Crippen LogP contribution in [-0.4, -0.2) is 23.1 Å². The van der Waals surface area contributed by atoms with Gasteiger partial charge in [-0.05, 0) is 67.6 Å². The number of hydrogen-bond acceptors (Lipinski definition) is 7. The molecule has 4 heterocycles. The molecule has 2 aliphatic rings. The lowest BCUT2D eigenvalue weighted by Gasteiger charge is -2.08. The normalized spacial score (nSPS) is 16.0. The Bertz CT molecular complexity index is 1420. The van der Waals surface area contributed by atoms with E-state index in [1.807, 2.05) is 25.1 Å². The Labute approximate surface area is 205 Å². The van der Waals surface area contributed by atoms with Gasteiger partial charge in [0.1, 0.15) is 22.6 Å². The number of carbonyl (C=O) groups excluding carboxylic acids is 2. The first-order valence-electron chi connectivity index (χ1n) is 11.6. The Kier molecular flexibility index (Phi) is 5.41. The Morgan fingerprint density at radius 3 is 2.94 bits per heavy atom. The van der Waals surface area contributed by atoms with Gasteiger partial charge in [-0.15, -0.1) is 11.3 Å². The molecule has 2 amide bonds. The van der Waals surface area contributed by atoms with Gasteiger partial charge in [0.05, 0.1) is 18.4 Å². The van der Waals surface area contributed by atoms with Crippen molar-refractivity contribution in [2.24, 2.45) is 0 Å². The first-order chi connectivity index (χ1) is 17.0. The molecule has 9 heteroatoms. The molecule has 0 saturated carbocycles. The predicted octanol–water partition coefficient (Wildman–Crippen LogP) is 4.99. The van der Waals surface area contributed by atoms with Crippen molar-refractivity contribution in [3.63, 3.8) is 0 Å². The summed E-state index contributed by atoms with van der Waals surface area (Å²) in [6, 6.07) is 11.0. The minimum absolute atomic E-state index is 0.147. The number of nitrogens with one attached hydrogen (secondary N) is 2. The molecule has 1 aliphatic carbocycles. The van der Waals surface area contributed by atoms with Crippen LogP contribution >= 0.6 is 11.3 Å². The quantitative estimate of drug-likeness (QED) is 0.395. The van der Waals surface area contributed by atoms with Crippen LogP contribution in [0.5, 0.6) is 5.75 Å². The lowest BCUT2D eigenvalue weighted by atomic mass is 10.1. The molecule has 6 rings (SSSR count). The maximum absolute atomic E-state index is 13.1. The molecular weight excluding hydrogens is 466 g/mol. The monoisotopic (exact) mass is 489 g/mol. The second kappa shape index (κ2) is 8.74. The van der Waals surface area contributed by atoms with E-state index in [0.717, 1.165) is 53.0 Å². The maximum atomic E-state index is 13.1. The SMILES string of the molecule is C[C@H]1Cc2cc(-c3cc(C(=O)Nc4sc5c(c4C(=O)NCc4ccco4)CCC5)no3)ccc2O1. The maximum Gasteiger partial charge on any atom is 0.278 e. The van der Waals surface area contributed by atoms with Crippen molar-refractivity contribution in [2.75, 3.05) is 5.32 Å². The molecule has 0 unspecified atom stereocenters. The van der Waals surface area contributed by atoms with E-state index in [1.54, 1.807) is 24.5 Å². The van der Waals surface area contributed by atoms with Crippen LogP contribution < -0.4 is 15.4 Å². The van der Waals surface area contributed by atoms with Crippen LogP contribution in [0.4, 0.5) is 5.00 Å². The fourth-order valence-corrected chi connectivity index (χ4v) is 5.94. The third-order valence-corrected chi connectivity index (χ3v) is 7.51. The van der Waals surface area contributed by atoms with Crippen LogP contribution in [0.2, 0.25) is 0 Å². The van der Waals surface area contributed by atoms with Gasteiger partial charge in [-0.2, -0.15) is 0 Å². The second-order valence-corrected chi connectivity index (χ2v) is 9.91. The van der Waals surface area contributed by atoms with Crippen LogP contribution in [0.3, 0.4) is 0 Å². The van der Waals surface area contributed by atoms with Crippen molar-refractivity contribution in [3.05, 3.63) is 75.7 Å². The number of hydrogen-bond donors (Lipinski definition) is 2. The number of amides is 2. The van der Waals surface area contributed by atoms with Gasteiger partial charge in [-0.1, -0.05) is 5.16 Å². The topological polar surface area (TPSA) is 107 Å². The largest absolute Gasteiger partial charge is 0.490 e. The van der Waals surface area contributed by atoms with Crippen LogP contribution in [0.15, 0.2) is 51.6 Å². The third-order valence-electron chi connectivity index (χ3n) is 6.30. The molecule has 0 radical (unpaired) electrons. The van der Waals surface area contributed by atoms with E-state index in [9.17, 15) is 9.59 Å². The van der Waals surface area contributed by atoms with E-state index >= 15 is 0 Å². The summed E-state index contributed by atoms with van der Waals surface area (Å²) in [5.74, 6) is 1.40. The highest BCUT2D eigenvalue weighted by molar-refractivity contribution is 7.17. The average molecular weight is 490 g/mol. The van der Waals surface area contributed by atoms with Crippen LogP contribution in [-0.2, 0) is 25.8 Å². The van der Waals surface area contributed by atoms with Gasteiger partial charge >= 0.3 is 0 Å². The van der Waals surface area contributed by atoms with E-state index in [4.69, 9.17) is 13.7 Å². The Morgan fingerprint density at radius 1 is 1.17 bits per heavy atom. The molecule has 2 N–H and O–H groups in total. The first-order valence-corrected chi connectivity index (χ1v) is 12.4. The Morgan fingerprint density at radius 2 is 2.09 bits per heavy atom. The highest BCUT2D eigenvalue weighted by Gasteiger charge is 2.28. The minimum Gasteiger partial charge on any atom is -0.490 e. The Balaban J connectivity index is 1.21. The van der Waals surface area contributed by atoms with Crippen molar-refractivity contribution in [1.82, 2.24) is 10.5 Å². The van der Waals surface area contributed by atoms with Gasteiger partial charge in [-0.25, -0.2) is 0 Å². The minimum atomic E-state index is -0.418. The van der Waals surface area contributed by atoms with Gasteiger partial charge in [-0.3, -0.25) is 9.59 Å². The zero-order valence-corrected chi connectivity index (χ0v) is 19.9. The average Bonchev–Trinajstić information content (AvgIpc) is 3.65. The molecule has 1 aliphatic heterocycles. The summed E-state index contributed by atoms with van der Waals surface area (Å²) >= 11 is 1.45. The lowest BCUT2D eigenvalue weighted by molar-refractivity contribution is 0.0948. The molecule has 1 atom stereocenters. The van der Waals surface area contributed by atoms with Crippen molar-refractivity contribution in [1.29, 1.82) is 0 Å². The highest BCUT2D eigenvalue weighted by atomic mass is 32.1. The standard InChI is InChI=1S/C26H23N3O5S/c1-14-10-16-11-15(7-8-20(16)33-14)21-12-19(29-34-21)24(30)28-26-23(18-5-2-6-22(18)35-26)25(31)27-13-17-4-3-9-32-17/h3-4,7-9,11-12,14H,2,5-6,10,13H2,1H3,(H,27,31)(H,28,30)/t14-/m0/s1. The Hall–Kier alpha value is -3.85. The summed E-state index contributed by atoms with van der Waals surface area (Å²) in [6.07, 6.45) is 5.28. The van der Waals surface area contributed by atoms with Crippen LogP contribution in [0.1, 0.15) is 56.0 Å². The zero-order valence-electron chi connectivity index (χ0n) is 19.1. The van der Waals surface area contributed by atoms with E-state index < -0.39 is 5.91 Å². The van der Waals surface area contributed by atoms with Crippen molar-refractivity contribution in [2.45, 2.75) is 45.3 Å². The number of aromatic nitrogens is 1. The number of nitrogens with zero attached hydrogens (tertiary/aromatic N) is 1. The summed E-state index contributed by atoms with van der Waals surface area (Å²) < 4.78 is 16.5. The molecule has 0 bridgehead atoms. The summed E-state index contributed by atoms with van der Waals surface area (Å²) in [7, 11) is 0. The van der Waals surface area contributed by atoms with Gasteiger partial charge in [0, 0.05) is 22.9 Å². The van der Waals surface area contributed by atoms with E-state index in [0.29, 0.717) is 22.1 Å². The van der Waals surface area contributed by atoms with Crippen LogP contribution in [0, 0.1) is 0 Å².